The van der Waals surface area contributed by atoms with Crippen LogP contribution < -0.4 is 10.1 Å². The lowest BCUT2D eigenvalue weighted by Gasteiger charge is -2.34. The van der Waals surface area contributed by atoms with E-state index in [0.29, 0.717) is 13.2 Å². The SMILES string of the molecule is CC(C)NC(=O)CN1CCN(CCOc2cccc(Br)c2)CC1. The molecular formula is C17H26BrN3O2. The third kappa shape index (κ3) is 6.89. The molecule has 23 heavy (non-hydrogen) atoms. The number of benzene rings is 1. The zero-order valence-corrected chi connectivity index (χ0v) is 15.5. The van der Waals surface area contributed by atoms with Crippen LogP contribution in [-0.4, -0.2) is 67.6 Å². The number of halogens is 1. The van der Waals surface area contributed by atoms with Crippen molar-refractivity contribution in [3.8, 4) is 5.75 Å². The molecular weight excluding hydrogens is 358 g/mol. The van der Waals surface area contributed by atoms with Gasteiger partial charge in [-0.1, -0.05) is 22.0 Å². The minimum atomic E-state index is 0.117. The summed E-state index contributed by atoms with van der Waals surface area (Å²) in [5, 5.41) is 2.94. The van der Waals surface area contributed by atoms with Gasteiger partial charge in [-0.3, -0.25) is 14.6 Å². The Morgan fingerprint density at radius 2 is 1.96 bits per heavy atom. The Labute approximate surface area is 147 Å². The molecule has 1 fully saturated rings. The van der Waals surface area contributed by atoms with E-state index >= 15 is 0 Å². The van der Waals surface area contributed by atoms with E-state index in [1.165, 1.54) is 0 Å². The van der Waals surface area contributed by atoms with E-state index in [0.717, 1.165) is 42.9 Å². The van der Waals surface area contributed by atoms with Crippen molar-refractivity contribution >= 4 is 21.8 Å². The van der Waals surface area contributed by atoms with Gasteiger partial charge in [0.05, 0.1) is 6.54 Å². The van der Waals surface area contributed by atoms with Crippen molar-refractivity contribution in [2.24, 2.45) is 0 Å². The summed E-state index contributed by atoms with van der Waals surface area (Å²) in [5.74, 6) is 1.01. The van der Waals surface area contributed by atoms with Crippen molar-refractivity contribution < 1.29 is 9.53 Å². The molecule has 5 nitrogen and oxygen atoms in total. The lowest BCUT2D eigenvalue weighted by Crippen LogP contribution is -2.50. The second-order valence-corrected chi connectivity index (χ2v) is 7.06. The van der Waals surface area contributed by atoms with Gasteiger partial charge in [0.25, 0.3) is 0 Å². The van der Waals surface area contributed by atoms with Crippen LogP contribution in [0.15, 0.2) is 28.7 Å². The third-order valence-corrected chi connectivity index (χ3v) is 4.25. The largest absolute Gasteiger partial charge is 0.492 e. The minimum absolute atomic E-state index is 0.117. The molecule has 0 unspecified atom stereocenters. The molecule has 0 radical (unpaired) electrons. The smallest absolute Gasteiger partial charge is 0.234 e. The number of carbonyl (C=O) groups is 1. The summed E-state index contributed by atoms with van der Waals surface area (Å²) in [6, 6.07) is 8.11. The van der Waals surface area contributed by atoms with Crippen LogP contribution in [0.25, 0.3) is 0 Å². The van der Waals surface area contributed by atoms with E-state index in [4.69, 9.17) is 4.74 Å². The van der Waals surface area contributed by atoms with Gasteiger partial charge in [0, 0.05) is 43.2 Å². The summed E-state index contributed by atoms with van der Waals surface area (Å²) < 4.78 is 6.81. The van der Waals surface area contributed by atoms with Crippen LogP contribution in [0.5, 0.6) is 5.75 Å². The van der Waals surface area contributed by atoms with Crippen molar-refractivity contribution in [1.29, 1.82) is 0 Å². The molecule has 6 heteroatoms. The highest BCUT2D eigenvalue weighted by molar-refractivity contribution is 9.10. The van der Waals surface area contributed by atoms with Crippen LogP contribution in [0.2, 0.25) is 0 Å². The summed E-state index contributed by atoms with van der Waals surface area (Å²) in [6.45, 7) is 9.91. The van der Waals surface area contributed by atoms with Gasteiger partial charge in [-0.25, -0.2) is 0 Å². The number of hydrogen-bond acceptors (Lipinski definition) is 4. The van der Waals surface area contributed by atoms with E-state index in [2.05, 4.69) is 31.0 Å². The van der Waals surface area contributed by atoms with Crippen LogP contribution in [0.3, 0.4) is 0 Å². The van der Waals surface area contributed by atoms with E-state index in [1.807, 2.05) is 38.1 Å². The van der Waals surface area contributed by atoms with Crippen LogP contribution >= 0.6 is 15.9 Å². The maximum absolute atomic E-state index is 11.8. The second kappa shape index (κ2) is 9.25. The Bertz CT molecular complexity index is 502. The second-order valence-electron chi connectivity index (χ2n) is 6.15. The maximum Gasteiger partial charge on any atom is 0.234 e. The molecule has 1 aromatic rings. The quantitative estimate of drug-likeness (QED) is 0.781. The normalized spacial score (nSPS) is 16.5. The fourth-order valence-electron chi connectivity index (χ4n) is 2.59. The monoisotopic (exact) mass is 383 g/mol. The predicted molar refractivity (Wildman–Crippen MR) is 95.8 cm³/mol. The number of hydrogen-bond donors (Lipinski definition) is 1. The highest BCUT2D eigenvalue weighted by Crippen LogP contribution is 2.17. The number of nitrogens with one attached hydrogen (secondary N) is 1. The Morgan fingerprint density at radius 1 is 1.26 bits per heavy atom. The van der Waals surface area contributed by atoms with Gasteiger partial charge in [0.2, 0.25) is 5.91 Å². The topological polar surface area (TPSA) is 44.8 Å². The zero-order valence-electron chi connectivity index (χ0n) is 13.9. The number of ether oxygens (including phenoxy) is 1. The first-order valence-electron chi connectivity index (χ1n) is 8.15. The van der Waals surface area contributed by atoms with Gasteiger partial charge in [-0.05, 0) is 32.0 Å². The van der Waals surface area contributed by atoms with E-state index < -0.39 is 0 Å². The highest BCUT2D eigenvalue weighted by atomic mass is 79.9. The molecule has 0 saturated carbocycles. The maximum atomic E-state index is 11.8. The molecule has 1 aromatic carbocycles. The molecule has 0 spiro atoms. The Kier molecular flexibility index (Phi) is 7.33. The summed E-state index contributed by atoms with van der Waals surface area (Å²) >= 11 is 3.44. The van der Waals surface area contributed by atoms with Crippen LogP contribution in [0.1, 0.15) is 13.8 Å². The molecule has 1 aliphatic rings. The van der Waals surface area contributed by atoms with Gasteiger partial charge in [-0.2, -0.15) is 0 Å². The van der Waals surface area contributed by atoms with E-state index in [9.17, 15) is 4.79 Å². The van der Waals surface area contributed by atoms with Gasteiger partial charge in [0.1, 0.15) is 12.4 Å². The first kappa shape index (κ1) is 18.2. The molecule has 2 rings (SSSR count). The number of nitrogens with zero attached hydrogens (tertiary/aromatic N) is 2. The predicted octanol–water partition coefficient (Wildman–Crippen LogP) is 1.97. The molecule has 1 aliphatic heterocycles. The lowest BCUT2D eigenvalue weighted by atomic mass is 10.3. The molecule has 128 valence electrons. The molecule has 0 aliphatic carbocycles. The number of piperazine rings is 1. The van der Waals surface area contributed by atoms with Crippen LogP contribution in [0.4, 0.5) is 0 Å². The highest BCUT2D eigenvalue weighted by Gasteiger charge is 2.18. The first-order valence-corrected chi connectivity index (χ1v) is 8.94. The molecule has 0 aromatic heterocycles. The molecule has 0 atom stereocenters. The lowest BCUT2D eigenvalue weighted by molar-refractivity contribution is -0.123. The number of carbonyl (C=O) groups excluding carboxylic acids is 1. The fourth-order valence-corrected chi connectivity index (χ4v) is 2.97. The Balaban J connectivity index is 1.62. The molecule has 1 saturated heterocycles. The summed E-state index contributed by atoms with van der Waals surface area (Å²) in [4.78, 5) is 16.4. The molecule has 1 amide bonds. The molecule has 1 heterocycles. The van der Waals surface area contributed by atoms with E-state index in [-0.39, 0.29) is 11.9 Å². The zero-order chi connectivity index (χ0) is 16.7. The summed E-state index contributed by atoms with van der Waals surface area (Å²) in [5.41, 5.74) is 0. The minimum Gasteiger partial charge on any atom is -0.492 e. The summed E-state index contributed by atoms with van der Waals surface area (Å²) in [7, 11) is 0. The van der Waals surface area contributed by atoms with Crippen molar-refractivity contribution in [1.82, 2.24) is 15.1 Å². The molecule has 0 bridgehead atoms. The standard InChI is InChI=1S/C17H26BrN3O2/c1-14(2)19-17(22)13-21-8-6-20(7-9-21)10-11-23-16-5-3-4-15(18)12-16/h3-5,12,14H,6-11,13H2,1-2H3,(H,19,22). The van der Waals surface area contributed by atoms with Gasteiger partial charge < -0.3 is 10.1 Å². The van der Waals surface area contributed by atoms with E-state index in [1.54, 1.807) is 0 Å². The first-order chi connectivity index (χ1) is 11.0. The fraction of sp³-hybridized carbons (Fsp3) is 0.588. The average molecular weight is 384 g/mol. The molecule has 1 N–H and O–H groups in total. The van der Waals surface area contributed by atoms with Crippen molar-refractivity contribution in [3.05, 3.63) is 28.7 Å². The number of rotatable bonds is 7. The Hall–Kier alpha value is -1.11. The van der Waals surface area contributed by atoms with Gasteiger partial charge in [-0.15, -0.1) is 0 Å². The van der Waals surface area contributed by atoms with Crippen molar-refractivity contribution in [3.63, 3.8) is 0 Å². The third-order valence-electron chi connectivity index (χ3n) is 3.75. The van der Waals surface area contributed by atoms with Gasteiger partial charge in [0.15, 0.2) is 0 Å². The summed E-state index contributed by atoms with van der Waals surface area (Å²) in [6.07, 6.45) is 0. The van der Waals surface area contributed by atoms with Crippen LogP contribution in [-0.2, 0) is 4.79 Å². The van der Waals surface area contributed by atoms with Crippen molar-refractivity contribution in [2.45, 2.75) is 19.9 Å². The van der Waals surface area contributed by atoms with Crippen LogP contribution in [0, 0.1) is 0 Å². The average Bonchev–Trinajstić information content (AvgIpc) is 2.48. The Morgan fingerprint density at radius 3 is 2.61 bits per heavy atom. The van der Waals surface area contributed by atoms with Gasteiger partial charge >= 0.3 is 0 Å². The number of amides is 1. The van der Waals surface area contributed by atoms with Crippen molar-refractivity contribution in [2.75, 3.05) is 45.9 Å².